The van der Waals surface area contributed by atoms with Gasteiger partial charge < -0.3 is 15.3 Å². The highest BCUT2D eigenvalue weighted by Crippen LogP contribution is 2.26. The Balaban J connectivity index is 1.43. The third kappa shape index (κ3) is 5.75. The lowest BCUT2D eigenvalue weighted by molar-refractivity contribution is -0.135. The summed E-state index contributed by atoms with van der Waals surface area (Å²) in [7, 11) is 0. The first kappa shape index (κ1) is 25.0. The van der Waals surface area contributed by atoms with E-state index in [0.717, 1.165) is 35.3 Å². The zero-order chi connectivity index (χ0) is 25.7. The SMILES string of the molecule is Cc1cnc(Nc2cnn(C3CCN(C(=O)CO)CC3)c2)nc1-c1ccc(C(=O)C[C@@H](C)C#N)cc1. The van der Waals surface area contributed by atoms with Crippen molar-refractivity contribution >= 4 is 23.3 Å². The first-order valence-electron chi connectivity index (χ1n) is 11.9. The van der Waals surface area contributed by atoms with Gasteiger partial charge in [-0.1, -0.05) is 24.3 Å². The molecule has 0 aliphatic carbocycles. The average molecular weight is 488 g/mol. The molecule has 2 N–H and O–H groups in total. The number of amides is 1. The Bertz CT molecular complexity index is 1270. The van der Waals surface area contributed by atoms with Gasteiger partial charge in [-0.25, -0.2) is 9.97 Å². The molecule has 186 valence electrons. The number of rotatable bonds is 8. The maximum atomic E-state index is 12.3. The number of aromatic nitrogens is 4. The number of carbonyl (C=O) groups is 2. The number of carbonyl (C=O) groups excluding carboxylic acids is 2. The maximum Gasteiger partial charge on any atom is 0.248 e. The number of benzene rings is 1. The van der Waals surface area contributed by atoms with Crippen molar-refractivity contribution in [2.75, 3.05) is 25.0 Å². The lowest BCUT2D eigenvalue weighted by atomic mass is 9.99. The van der Waals surface area contributed by atoms with Crippen molar-refractivity contribution in [2.24, 2.45) is 5.92 Å². The van der Waals surface area contributed by atoms with Crippen LogP contribution in [-0.4, -0.2) is 61.1 Å². The second-order valence-corrected chi connectivity index (χ2v) is 9.06. The number of aryl methyl sites for hydroxylation is 1. The highest BCUT2D eigenvalue weighted by Gasteiger charge is 2.24. The number of hydrogen-bond donors (Lipinski definition) is 2. The number of aliphatic hydroxyl groups is 1. The van der Waals surface area contributed by atoms with Crippen molar-refractivity contribution in [1.82, 2.24) is 24.6 Å². The average Bonchev–Trinajstić information content (AvgIpc) is 3.37. The van der Waals surface area contributed by atoms with Gasteiger partial charge in [-0.15, -0.1) is 0 Å². The zero-order valence-corrected chi connectivity index (χ0v) is 20.4. The molecule has 1 amide bonds. The lowest BCUT2D eigenvalue weighted by Gasteiger charge is -2.31. The Labute approximate surface area is 209 Å². The van der Waals surface area contributed by atoms with E-state index in [1.165, 1.54) is 0 Å². The monoisotopic (exact) mass is 487 g/mol. The summed E-state index contributed by atoms with van der Waals surface area (Å²) in [6.07, 6.45) is 7.11. The molecule has 0 spiro atoms. The largest absolute Gasteiger partial charge is 0.387 e. The summed E-state index contributed by atoms with van der Waals surface area (Å²) in [6, 6.07) is 9.51. The highest BCUT2D eigenvalue weighted by atomic mass is 16.3. The molecular formula is C26H29N7O3. The van der Waals surface area contributed by atoms with Gasteiger partial charge in [0.1, 0.15) is 6.61 Å². The zero-order valence-electron chi connectivity index (χ0n) is 20.4. The Hall–Kier alpha value is -4.10. The van der Waals surface area contributed by atoms with Crippen LogP contribution >= 0.6 is 0 Å². The number of hydrogen-bond acceptors (Lipinski definition) is 8. The van der Waals surface area contributed by atoms with Gasteiger partial charge in [0, 0.05) is 43.0 Å². The van der Waals surface area contributed by atoms with Crippen LogP contribution in [0.15, 0.2) is 42.9 Å². The van der Waals surface area contributed by atoms with Gasteiger partial charge in [0.2, 0.25) is 11.9 Å². The summed E-state index contributed by atoms with van der Waals surface area (Å²) in [5, 5.41) is 25.7. The molecule has 2 aromatic heterocycles. The Morgan fingerprint density at radius 2 is 1.94 bits per heavy atom. The van der Waals surface area contributed by atoms with E-state index >= 15 is 0 Å². The van der Waals surface area contributed by atoms with Crippen LogP contribution in [0.1, 0.15) is 48.1 Å². The molecule has 1 saturated heterocycles. The Morgan fingerprint density at radius 3 is 2.61 bits per heavy atom. The molecule has 36 heavy (non-hydrogen) atoms. The molecule has 1 aliphatic heterocycles. The molecular weight excluding hydrogens is 458 g/mol. The van der Waals surface area contributed by atoms with Crippen molar-refractivity contribution in [1.29, 1.82) is 5.26 Å². The molecule has 1 atom stereocenters. The molecule has 10 nitrogen and oxygen atoms in total. The van der Waals surface area contributed by atoms with Gasteiger partial charge in [0.25, 0.3) is 0 Å². The van der Waals surface area contributed by atoms with E-state index in [1.807, 2.05) is 29.9 Å². The van der Waals surface area contributed by atoms with E-state index in [2.05, 4.69) is 26.5 Å². The second kappa shape index (κ2) is 11.1. The maximum absolute atomic E-state index is 12.3. The Morgan fingerprint density at radius 1 is 1.22 bits per heavy atom. The molecule has 0 radical (unpaired) electrons. The van der Waals surface area contributed by atoms with Crippen LogP contribution in [0.4, 0.5) is 11.6 Å². The lowest BCUT2D eigenvalue weighted by Crippen LogP contribution is -2.40. The predicted octanol–water partition coefficient (Wildman–Crippen LogP) is 3.28. The molecule has 0 unspecified atom stereocenters. The van der Waals surface area contributed by atoms with Crippen molar-refractivity contribution in [3.63, 3.8) is 0 Å². The smallest absolute Gasteiger partial charge is 0.248 e. The normalized spacial score (nSPS) is 14.8. The van der Waals surface area contributed by atoms with E-state index < -0.39 is 6.61 Å². The van der Waals surface area contributed by atoms with Crippen molar-refractivity contribution in [3.05, 3.63) is 54.0 Å². The minimum Gasteiger partial charge on any atom is -0.387 e. The van der Waals surface area contributed by atoms with Crippen LogP contribution in [0.25, 0.3) is 11.3 Å². The van der Waals surface area contributed by atoms with E-state index in [9.17, 15) is 9.59 Å². The quantitative estimate of drug-likeness (QED) is 0.462. The minimum atomic E-state index is -0.455. The van der Waals surface area contributed by atoms with Crippen LogP contribution in [0.5, 0.6) is 0 Å². The molecule has 3 aromatic rings. The van der Waals surface area contributed by atoms with Crippen LogP contribution in [-0.2, 0) is 4.79 Å². The first-order valence-corrected chi connectivity index (χ1v) is 11.9. The molecule has 1 fully saturated rings. The molecule has 0 saturated carbocycles. The predicted molar refractivity (Wildman–Crippen MR) is 133 cm³/mol. The number of anilines is 2. The van der Waals surface area contributed by atoms with Gasteiger partial charge in [0.05, 0.1) is 35.6 Å². The third-order valence-electron chi connectivity index (χ3n) is 6.35. The van der Waals surface area contributed by atoms with Gasteiger partial charge in [-0.3, -0.25) is 14.3 Å². The van der Waals surface area contributed by atoms with Gasteiger partial charge >= 0.3 is 0 Å². The number of nitrogens with zero attached hydrogens (tertiary/aromatic N) is 6. The minimum absolute atomic E-state index is 0.0555. The third-order valence-corrected chi connectivity index (χ3v) is 6.35. The number of ketones is 1. The van der Waals surface area contributed by atoms with Crippen molar-refractivity contribution in [2.45, 2.75) is 39.2 Å². The topological polar surface area (TPSA) is 137 Å². The molecule has 4 rings (SSSR count). The number of aliphatic hydroxyl groups excluding tert-OH is 1. The van der Waals surface area contributed by atoms with Crippen LogP contribution in [0.2, 0.25) is 0 Å². The van der Waals surface area contributed by atoms with E-state index in [0.29, 0.717) is 24.6 Å². The summed E-state index contributed by atoms with van der Waals surface area (Å²) in [5.74, 6) is -0.178. The molecule has 3 heterocycles. The van der Waals surface area contributed by atoms with Crippen LogP contribution < -0.4 is 5.32 Å². The van der Waals surface area contributed by atoms with Crippen molar-refractivity contribution < 1.29 is 14.7 Å². The fraction of sp³-hybridized carbons (Fsp3) is 0.385. The second-order valence-electron chi connectivity index (χ2n) is 9.06. The van der Waals surface area contributed by atoms with Gasteiger partial charge in [-0.05, 0) is 32.3 Å². The standard InChI is InChI=1S/C26H29N7O3/c1-17(12-27)11-23(35)19-3-5-20(6-4-19)25-18(2)13-28-26(31-25)30-21-14-29-33(15-21)22-7-9-32(10-8-22)24(36)16-34/h3-6,13-15,17,22,34H,7-11,16H2,1-2H3,(H,28,30,31)/t17-/m1/s1. The van der Waals surface area contributed by atoms with Crippen LogP contribution in [0.3, 0.4) is 0 Å². The van der Waals surface area contributed by atoms with Crippen molar-refractivity contribution in [3.8, 4) is 17.3 Å². The van der Waals surface area contributed by atoms with E-state index in [4.69, 9.17) is 10.4 Å². The fourth-order valence-corrected chi connectivity index (χ4v) is 4.26. The number of Topliss-reactive ketones (excluding diaryl/α,β-unsaturated/α-hetero) is 1. The van der Waals surface area contributed by atoms with E-state index in [1.54, 1.807) is 36.4 Å². The number of nitriles is 1. The molecule has 0 bridgehead atoms. The highest BCUT2D eigenvalue weighted by molar-refractivity contribution is 5.96. The van der Waals surface area contributed by atoms with Gasteiger partial charge in [-0.2, -0.15) is 10.4 Å². The van der Waals surface area contributed by atoms with Crippen LogP contribution in [0, 0.1) is 24.2 Å². The first-order chi connectivity index (χ1) is 17.4. The summed E-state index contributed by atoms with van der Waals surface area (Å²) < 4.78 is 1.89. The summed E-state index contributed by atoms with van der Waals surface area (Å²) in [6.45, 7) is 4.40. The Kier molecular flexibility index (Phi) is 7.71. The number of likely N-dealkylation sites (tertiary alicyclic amines) is 1. The molecule has 1 aliphatic rings. The molecule has 10 heteroatoms. The summed E-state index contributed by atoms with van der Waals surface area (Å²) in [5.41, 5.74) is 3.85. The molecule has 1 aromatic carbocycles. The number of piperidine rings is 1. The van der Waals surface area contributed by atoms with Gasteiger partial charge in [0.15, 0.2) is 5.78 Å². The summed E-state index contributed by atoms with van der Waals surface area (Å²) in [4.78, 5) is 34.8. The fourth-order valence-electron chi connectivity index (χ4n) is 4.26. The summed E-state index contributed by atoms with van der Waals surface area (Å²) >= 11 is 0. The van der Waals surface area contributed by atoms with E-state index in [-0.39, 0.29) is 30.1 Å². The number of nitrogens with one attached hydrogen (secondary N) is 1.